The normalized spacial score (nSPS) is 18.7. The van der Waals surface area contributed by atoms with E-state index in [9.17, 15) is 13.2 Å². The summed E-state index contributed by atoms with van der Waals surface area (Å²) in [5.74, 6) is 0.0772. The topological polar surface area (TPSA) is 60.9 Å². The van der Waals surface area contributed by atoms with E-state index in [1.165, 1.54) is 0 Å². The largest absolute Gasteiger partial charge is 0.368 e. The minimum Gasteiger partial charge on any atom is -0.368 e. The Morgan fingerprint density at radius 2 is 1.66 bits per heavy atom. The third-order valence-corrected chi connectivity index (χ3v) is 8.62. The van der Waals surface area contributed by atoms with Crippen LogP contribution in [0.4, 0.5) is 5.69 Å². The zero-order valence-corrected chi connectivity index (χ0v) is 20.0. The Kier molecular flexibility index (Phi) is 7.08. The van der Waals surface area contributed by atoms with E-state index in [-0.39, 0.29) is 17.6 Å². The molecule has 2 aromatic rings. The number of rotatable bonds is 5. The zero-order chi connectivity index (χ0) is 22.7. The van der Waals surface area contributed by atoms with Crippen molar-refractivity contribution in [3.63, 3.8) is 0 Å². The Bertz CT molecular complexity index is 1060. The van der Waals surface area contributed by atoms with E-state index in [4.69, 9.17) is 11.6 Å². The highest BCUT2D eigenvalue weighted by Gasteiger charge is 2.34. The van der Waals surface area contributed by atoms with Crippen LogP contribution in [0, 0.1) is 12.8 Å². The average molecular weight is 476 g/mol. The lowest BCUT2D eigenvalue weighted by molar-refractivity contribution is -0.137. The van der Waals surface area contributed by atoms with Gasteiger partial charge in [-0.1, -0.05) is 41.9 Å². The van der Waals surface area contributed by atoms with Gasteiger partial charge in [-0.25, -0.2) is 12.7 Å². The highest BCUT2D eigenvalue weighted by molar-refractivity contribution is 7.88. The van der Waals surface area contributed by atoms with Crippen LogP contribution in [-0.4, -0.2) is 62.8 Å². The summed E-state index contributed by atoms with van der Waals surface area (Å²) >= 11 is 6.10. The van der Waals surface area contributed by atoms with Crippen molar-refractivity contribution in [1.29, 1.82) is 0 Å². The van der Waals surface area contributed by atoms with Crippen LogP contribution in [0.3, 0.4) is 0 Å². The van der Waals surface area contributed by atoms with Crippen molar-refractivity contribution in [2.45, 2.75) is 25.5 Å². The van der Waals surface area contributed by atoms with E-state index < -0.39 is 10.0 Å². The summed E-state index contributed by atoms with van der Waals surface area (Å²) in [4.78, 5) is 17.2. The van der Waals surface area contributed by atoms with Crippen molar-refractivity contribution in [3.05, 3.63) is 64.7 Å². The zero-order valence-electron chi connectivity index (χ0n) is 18.4. The molecular weight excluding hydrogens is 446 g/mol. The van der Waals surface area contributed by atoms with Gasteiger partial charge in [0, 0.05) is 55.9 Å². The highest BCUT2D eigenvalue weighted by atomic mass is 35.5. The second-order valence-electron chi connectivity index (χ2n) is 8.65. The van der Waals surface area contributed by atoms with E-state index in [2.05, 4.69) is 4.90 Å². The first-order valence-corrected chi connectivity index (χ1v) is 13.1. The number of aryl methyl sites for hydroxylation is 1. The van der Waals surface area contributed by atoms with E-state index in [0.717, 1.165) is 29.9 Å². The fraction of sp³-hybridized carbons (Fsp3) is 0.458. The van der Waals surface area contributed by atoms with Crippen LogP contribution in [0.5, 0.6) is 0 Å². The molecular formula is C24H30ClN3O3S. The van der Waals surface area contributed by atoms with E-state index in [1.807, 2.05) is 60.4 Å². The fourth-order valence-corrected chi connectivity index (χ4v) is 6.41. The van der Waals surface area contributed by atoms with Crippen LogP contribution < -0.4 is 4.90 Å². The number of carbonyl (C=O) groups is 1. The Morgan fingerprint density at radius 1 is 0.969 bits per heavy atom. The lowest BCUT2D eigenvalue weighted by Crippen LogP contribution is -2.52. The molecule has 6 nitrogen and oxygen atoms in total. The van der Waals surface area contributed by atoms with Gasteiger partial charge in [0.25, 0.3) is 0 Å². The summed E-state index contributed by atoms with van der Waals surface area (Å²) in [6.45, 7) is 5.65. The molecule has 2 aliphatic heterocycles. The minimum atomic E-state index is -3.38. The molecule has 0 spiro atoms. The second-order valence-corrected chi connectivity index (χ2v) is 11.1. The Hall–Kier alpha value is -2.09. The summed E-state index contributed by atoms with van der Waals surface area (Å²) in [7, 11) is -3.38. The molecule has 8 heteroatoms. The number of anilines is 1. The van der Waals surface area contributed by atoms with Gasteiger partial charge >= 0.3 is 0 Å². The molecule has 32 heavy (non-hydrogen) atoms. The number of nitrogens with zero attached hydrogens (tertiary/aromatic N) is 3. The van der Waals surface area contributed by atoms with Gasteiger partial charge in [-0.2, -0.15) is 0 Å². The summed E-state index contributed by atoms with van der Waals surface area (Å²) in [5, 5.41) is 0.713. The van der Waals surface area contributed by atoms with Gasteiger partial charge in [0.15, 0.2) is 0 Å². The number of carbonyl (C=O) groups excluding carboxylic acids is 1. The van der Waals surface area contributed by atoms with E-state index in [0.29, 0.717) is 44.0 Å². The van der Waals surface area contributed by atoms with Crippen molar-refractivity contribution in [2.75, 3.05) is 44.2 Å². The van der Waals surface area contributed by atoms with Crippen LogP contribution in [0.1, 0.15) is 24.0 Å². The second kappa shape index (κ2) is 9.81. The minimum absolute atomic E-state index is 0.0176. The van der Waals surface area contributed by atoms with Gasteiger partial charge in [-0.15, -0.1) is 0 Å². The van der Waals surface area contributed by atoms with Crippen molar-refractivity contribution in [3.8, 4) is 0 Å². The number of sulfonamides is 1. The van der Waals surface area contributed by atoms with Crippen molar-refractivity contribution >= 4 is 33.2 Å². The smallest absolute Gasteiger partial charge is 0.225 e. The van der Waals surface area contributed by atoms with Crippen LogP contribution in [0.15, 0.2) is 48.5 Å². The number of piperidine rings is 1. The molecule has 0 N–H and O–H groups in total. The predicted octanol–water partition coefficient (Wildman–Crippen LogP) is 3.54. The lowest BCUT2D eigenvalue weighted by atomic mass is 9.96. The van der Waals surface area contributed by atoms with Crippen LogP contribution in [0.2, 0.25) is 5.02 Å². The first kappa shape index (κ1) is 23.1. The Balaban J connectivity index is 1.29. The number of piperazine rings is 1. The van der Waals surface area contributed by atoms with Crippen molar-refractivity contribution in [1.82, 2.24) is 9.21 Å². The SMILES string of the molecule is Cc1ccccc1CS(=O)(=O)N1CCC(C(=O)N2CCN(c3cccc(Cl)c3)CC2)CC1. The number of halogens is 1. The van der Waals surface area contributed by atoms with Gasteiger partial charge in [0.1, 0.15) is 0 Å². The molecule has 2 heterocycles. The quantitative estimate of drug-likeness (QED) is 0.663. The number of hydrogen-bond acceptors (Lipinski definition) is 4. The number of hydrogen-bond donors (Lipinski definition) is 0. The van der Waals surface area contributed by atoms with Gasteiger partial charge in [0.2, 0.25) is 15.9 Å². The monoisotopic (exact) mass is 475 g/mol. The summed E-state index contributed by atoms with van der Waals surface area (Å²) < 4.78 is 27.3. The molecule has 2 aromatic carbocycles. The molecule has 0 bridgehead atoms. The van der Waals surface area contributed by atoms with Crippen LogP contribution >= 0.6 is 11.6 Å². The van der Waals surface area contributed by atoms with E-state index in [1.54, 1.807) is 4.31 Å². The predicted molar refractivity (Wildman–Crippen MR) is 128 cm³/mol. The third-order valence-electron chi connectivity index (χ3n) is 6.56. The maximum atomic E-state index is 13.1. The van der Waals surface area contributed by atoms with Gasteiger partial charge in [-0.3, -0.25) is 4.79 Å². The molecule has 0 atom stereocenters. The third kappa shape index (κ3) is 5.27. The van der Waals surface area contributed by atoms with Gasteiger partial charge in [0.05, 0.1) is 5.75 Å². The first-order valence-electron chi connectivity index (χ1n) is 11.1. The summed E-state index contributed by atoms with van der Waals surface area (Å²) in [6, 6.07) is 15.4. The molecule has 0 aromatic heterocycles. The van der Waals surface area contributed by atoms with Crippen LogP contribution in [-0.2, 0) is 20.6 Å². The molecule has 172 valence electrons. The number of benzene rings is 2. The first-order chi connectivity index (χ1) is 15.3. The van der Waals surface area contributed by atoms with Gasteiger partial charge < -0.3 is 9.80 Å². The molecule has 4 rings (SSSR count). The summed E-state index contributed by atoms with van der Waals surface area (Å²) in [5.41, 5.74) is 2.90. The van der Waals surface area contributed by atoms with Crippen molar-refractivity contribution in [2.24, 2.45) is 5.92 Å². The molecule has 0 saturated carbocycles. The highest BCUT2D eigenvalue weighted by Crippen LogP contribution is 2.26. The molecule has 2 saturated heterocycles. The maximum absolute atomic E-state index is 13.1. The number of amides is 1. The molecule has 0 radical (unpaired) electrons. The Morgan fingerprint density at radius 3 is 2.31 bits per heavy atom. The van der Waals surface area contributed by atoms with Gasteiger partial charge in [-0.05, 0) is 49.1 Å². The molecule has 1 amide bonds. The molecule has 2 aliphatic rings. The van der Waals surface area contributed by atoms with Crippen molar-refractivity contribution < 1.29 is 13.2 Å². The molecule has 0 aliphatic carbocycles. The Labute approximate surface area is 195 Å². The maximum Gasteiger partial charge on any atom is 0.225 e. The summed E-state index contributed by atoms with van der Waals surface area (Å²) in [6.07, 6.45) is 1.17. The van der Waals surface area contributed by atoms with Crippen LogP contribution in [0.25, 0.3) is 0 Å². The molecule has 2 fully saturated rings. The average Bonchev–Trinajstić information content (AvgIpc) is 2.80. The lowest BCUT2D eigenvalue weighted by Gasteiger charge is -2.39. The molecule has 0 unspecified atom stereocenters. The van der Waals surface area contributed by atoms with E-state index >= 15 is 0 Å². The standard InChI is InChI=1S/C24H30ClN3O3S/c1-19-5-2-3-6-21(19)18-32(30,31)28-11-9-20(10-12-28)24(29)27-15-13-26(14-16-27)23-8-4-7-22(25)17-23/h2-8,17,20H,9-16,18H2,1H3. The fourth-order valence-electron chi connectivity index (χ4n) is 4.56.